The van der Waals surface area contributed by atoms with Crippen LogP contribution in [0.3, 0.4) is 0 Å². The molecule has 0 radical (unpaired) electrons. The van der Waals surface area contributed by atoms with Gasteiger partial charge in [0.1, 0.15) is 0 Å². The van der Waals surface area contributed by atoms with Gasteiger partial charge in [-0.15, -0.1) is 0 Å². The van der Waals surface area contributed by atoms with Gasteiger partial charge in [0, 0.05) is 9.61 Å². The standard InChI is InChI=1S/C9H10IN/c10-8-4-2-1-3-7(8)9-5-6-11-9/h1-4,9,11H,5-6H2. The van der Waals surface area contributed by atoms with E-state index in [-0.39, 0.29) is 0 Å². The molecule has 0 bridgehead atoms. The highest BCUT2D eigenvalue weighted by molar-refractivity contribution is 14.1. The van der Waals surface area contributed by atoms with Gasteiger partial charge in [0.05, 0.1) is 0 Å². The molecule has 2 rings (SSSR count). The van der Waals surface area contributed by atoms with Gasteiger partial charge in [-0.3, -0.25) is 0 Å². The van der Waals surface area contributed by atoms with Crippen molar-refractivity contribution in [3.8, 4) is 0 Å². The summed E-state index contributed by atoms with van der Waals surface area (Å²) in [5.74, 6) is 0. The van der Waals surface area contributed by atoms with E-state index in [0.717, 1.165) is 0 Å². The van der Waals surface area contributed by atoms with Gasteiger partial charge in [0.25, 0.3) is 0 Å². The van der Waals surface area contributed by atoms with Crippen molar-refractivity contribution in [1.82, 2.24) is 5.32 Å². The molecule has 1 unspecified atom stereocenters. The minimum absolute atomic E-state index is 0.628. The first kappa shape index (κ1) is 7.55. The van der Waals surface area contributed by atoms with Crippen LogP contribution in [0.5, 0.6) is 0 Å². The number of hydrogen-bond donors (Lipinski definition) is 1. The van der Waals surface area contributed by atoms with E-state index in [1.807, 2.05) is 0 Å². The quantitative estimate of drug-likeness (QED) is 0.763. The smallest absolute Gasteiger partial charge is 0.0342 e. The number of halogens is 1. The van der Waals surface area contributed by atoms with Gasteiger partial charge in [-0.25, -0.2) is 0 Å². The minimum atomic E-state index is 0.628. The fourth-order valence-electron chi connectivity index (χ4n) is 1.31. The molecule has 1 aliphatic heterocycles. The molecule has 1 aromatic carbocycles. The Kier molecular flexibility index (Phi) is 2.13. The van der Waals surface area contributed by atoms with E-state index in [1.54, 1.807) is 0 Å². The lowest BCUT2D eigenvalue weighted by molar-refractivity contribution is 0.382. The zero-order valence-corrected chi connectivity index (χ0v) is 8.34. The van der Waals surface area contributed by atoms with Crippen LogP contribution in [0.1, 0.15) is 18.0 Å². The van der Waals surface area contributed by atoms with Gasteiger partial charge < -0.3 is 5.32 Å². The third-order valence-corrected chi connectivity index (χ3v) is 3.09. The Morgan fingerprint density at radius 2 is 2.09 bits per heavy atom. The Hall–Kier alpha value is -0.0900. The highest BCUT2D eigenvalue weighted by Gasteiger charge is 2.19. The van der Waals surface area contributed by atoms with E-state index in [9.17, 15) is 0 Å². The first-order valence-electron chi connectivity index (χ1n) is 3.86. The van der Waals surface area contributed by atoms with Crippen molar-refractivity contribution < 1.29 is 0 Å². The third kappa shape index (κ3) is 1.42. The summed E-state index contributed by atoms with van der Waals surface area (Å²) >= 11 is 2.39. The second kappa shape index (κ2) is 3.11. The minimum Gasteiger partial charge on any atom is -0.310 e. The summed E-state index contributed by atoms with van der Waals surface area (Å²) in [5.41, 5.74) is 1.46. The van der Waals surface area contributed by atoms with Gasteiger partial charge in [-0.2, -0.15) is 0 Å². The van der Waals surface area contributed by atoms with Crippen molar-refractivity contribution in [2.75, 3.05) is 6.54 Å². The summed E-state index contributed by atoms with van der Waals surface area (Å²) in [5, 5.41) is 3.40. The molecule has 0 saturated carbocycles. The molecular weight excluding hydrogens is 249 g/mol. The number of rotatable bonds is 1. The molecule has 1 saturated heterocycles. The fourth-order valence-corrected chi connectivity index (χ4v) is 2.08. The van der Waals surface area contributed by atoms with E-state index in [4.69, 9.17) is 0 Å². The molecule has 2 heteroatoms. The van der Waals surface area contributed by atoms with Crippen LogP contribution in [0, 0.1) is 3.57 Å². The maximum atomic E-state index is 3.40. The normalized spacial score (nSPS) is 22.8. The van der Waals surface area contributed by atoms with Crippen molar-refractivity contribution in [3.63, 3.8) is 0 Å². The summed E-state index contributed by atoms with van der Waals surface area (Å²) in [4.78, 5) is 0. The highest BCUT2D eigenvalue weighted by atomic mass is 127. The molecule has 1 atom stereocenters. The zero-order chi connectivity index (χ0) is 7.68. The molecular formula is C9H10IN. The van der Waals surface area contributed by atoms with Crippen LogP contribution in [0.25, 0.3) is 0 Å². The van der Waals surface area contributed by atoms with E-state index >= 15 is 0 Å². The Balaban J connectivity index is 2.28. The molecule has 0 aromatic heterocycles. The van der Waals surface area contributed by atoms with Crippen molar-refractivity contribution in [2.24, 2.45) is 0 Å². The lowest BCUT2D eigenvalue weighted by atomic mass is 9.98. The Morgan fingerprint density at radius 3 is 2.64 bits per heavy atom. The highest BCUT2D eigenvalue weighted by Crippen LogP contribution is 2.26. The molecule has 1 fully saturated rings. The average molecular weight is 259 g/mol. The van der Waals surface area contributed by atoms with Gasteiger partial charge in [-0.1, -0.05) is 18.2 Å². The molecule has 58 valence electrons. The van der Waals surface area contributed by atoms with Crippen molar-refractivity contribution >= 4 is 22.6 Å². The monoisotopic (exact) mass is 259 g/mol. The van der Waals surface area contributed by atoms with Gasteiger partial charge >= 0.3 is 0 Å². The Labute approximate surface area is 80.3 Å². The van der Waals surface area contributed by atoms with Crippen LogP contribution in [0.15, 0.2) is 24.3 Å². The molecule has 1 heterocycles. The number of hydrogen-bond acceptors (Lipinski definition) is 1. The van der Waals surface area contributed by atoms with Crippen molar-refractivity contribution in [1.29, 1.82) is 0 Å². The summed E-state index contributed by atoms with van der Waals surface area (Å²) in [6.45, 7) is 1.18. The predicted molar refractivity (Wildman–Crippen MR) is 54.5 cm³/mol. The predicted octanol–water partition coefficient (Wildman–Crippen LogP) is 2.33. The lowest BCUT2D eigenvalue weighted by Gasteiger charge is -2.28. The Morgan fingerprint density at radius 1 is 1.36 bits per heavy atom. The fraction of sp³-hybridized carbons (Fsp3) is 0.333. The first-order chi connectivity index (χ1) is 5.38. The molecule has 1 aliphatic rings. The molecule has 0 spiro atoms. The lowest BCUT2D eigenvalue weighted by Crippen LogP contribution is -2.35. The van der Waals surface area contributed by atoms with Crippen molar-refractivity contribution in [2.45, 2.75) is 12.5 Å². The van der Waals surface area contributed by atoms with E-state index in [1.165, 1.54) is 22.1 Å². The first-order valence-corrected chi connectivity index (χ1v) is 4.93. The SMILES string of the molecule is Ic1ccccc1C1CCN1. The molecule has 11 heavy (non-hydrogen) atoms. The van der Waals surface area contributed by atoms with Crippen LogP contribution >= 0.6 is 22.6 Å². The third-order valence-electron chi connectivity index (χ3n) is 2.10. The van der Waals surface area contributed by atoms with Gasteiger partial charge in [0.15, 0.2) is 0 Å². The zero-order valence-electron chi connectivity index (χ0n) is 6.18. The molecule has 1 aromatic rings. The maximum Gasteiger partial charge on any atom is 0.0342 e. The number of benzene rings is 1. The van der Waals surface area contributed by atoms with E-state index in [0.29, 0.717) is 6.04 Å². The average Bonchev–Trinajstić information content (AvgIpc) is 1.90. The second-order valence-electron chi connectivity index (χ2n) is 2.82. The molecule has 0 amide bonds. The molecule has 0 aliphatic carbocycles. The van der Waals surface area contributed by atoms with Crippen LogP contribution in [0.4, 0.5) is 0 Å². The van der Waals surface area contributed by atoms with Crippen LogP contribution in [-0.4, -0.2) is 6.54 Å². The molecule has 1 nitrogen and oxygen atoms in total. The maximum absolute atomic E-state index is 3.40. The van der Waals surface area contributed by atoms with Gasteiger partial charge in [0.2, 0.25) is 0 Å². The van der Waals surface area contributed by atoms with Crippen molar-refractivity contribution in [3.05, 3.63) is 33.4 Å². The second-order valence-corrected chi connectivity index (χ2v) is 3.98. The van der Waals surface area contributed by atoms with Crippen LogP contribution in [-0.2, 0) is 0 Å². The summed E-state index contributed by atoms with van der Waals surface area (Å²) in [6, 6.07) is 9.19. The largest absolute Gasteiger partial charge is 0.310 e. The summed E-state index contributed by atoms with van der Waals surface area (Å²) in [7, 11) is 0. The number of nitrogens with one attached hydrogen (secondary N) is 1. The molecule has 1 N–H and O–H groups in total. The van der Waals surface area contributed by atoms with Crippen LogP contribution in [0.2, 0.25) is 0 Å². The van der Waals surface area contributed by atoms with E-state index in [2.05, 4.69) is 52.2 Å². The topological polar surface area (TPSA) is 12.0 Å². The summed E-state index contributed by atoms with van der Waals surface area (Å²) < 4.78 is 1.38. The Bertz CT molecular complexity index is 255. The van der Waals surface area contributed by atoms with Gasteiger partial charge in [-0.05, 0) is 47.2 Å². The summed E-state index contributed by atoms with van der Waals surface area (Å²) in [6.07, 6.45) is 1.29. The van der Waals surface area contributed by atoms with Crippen LogP contribution < -0.4 is 5.32 Å². The van der Waals surface area contributed by atoms with E-state index < -0.39 is 0 Å².